The number of carbonyl (C=O) groups excluding carboxylic acids is 4. The van der Waals surface area contributed by atoms with Crippen molar-refractivity contribution in [3.63, 3.8) is 0 Å². The first-order valence-corrected chi connectivity index (χ1v) is 7.19. The summed E-state index contributed by atoms with van der Waals surface area (Å²) in [5.74, 6) is 1.40. The Labute approximate surface area is 149 Å². The molecule has 0 radical (unpaired) electrons. The Morgan fingerprint density at radius 3 is 1.69 bits per heavy atom. The molecular weight excluding hydrogens is 342 g/mol. The van der Waals surface area contributed by atoms with Crippen LogP contribution in [0.15, 0.2) is 18.2 Å². The summed E-state index contributed by atoms with van der Waals surface area (Å²) in [6.07, 6.45) is 9.95. The monoisotopic (exact) mass is 357 g/mol. The number of rotatable bonds is 8. The Hall–Kier alpha value is -3.85. The zero-order chi connectivity index (χ0) is 19.4. The van der Waals surface area contributed by atoms with Crippen LogP contribution in [0, 0.1) is 24.7 Å². The molecule has 26 heavy (non-hydrogen) atoms. The third-order valence-electron chi connectivity index (χ3n) is 2.61. The molecule has 0 aliphatic rings. The molecule has 0 aromatic carbocycles. The molecule has 1 heterocycles. The molecule has 0 unspecified atom stereocenters. The van der Waals surface area contributed by atoms with Gasteiger partial charge in [0.15, 0.2) is 13.2 Å². The number of nitrogens with one attached hydrogen (secondary N) is 2. The SMILES string of the molecule is C#CCNC(=O)COC(=O)c1cccc(C(=O)OCC(=O)NCC#C)n1. The number of carbonyl (C=O) groups is 4. The highest BCUT2D eigenvalue weighted by Crippen LogP contribution is 2.03. The molecule has 0 bridgehead atoms. The van der Waals surface area contributed by atoms with E-state index in [1.165, 1.54) is 18.2 Å². The lowest BCUT2D eigenvalue weighted by Gasteiger charge is -2.06. The molecule has 0 atom stereocenters. The molecule has 9 heteroatoms. The summed E-state index contributed by atoms with van der Waals surface area (Å²) in [4.78, 5) is 50.1. The minimum Gasteiger partial charge on any atom is -0.451 e. The summed E-state index contributed by atoms with van der Waals surface area (Å²) in [5, 5.41) is 4.63. The Balaban J connectivity index is 2.58. The molecule has 2 amide bonds. The molecule has 0 aliphatic carbocycles. The molecule has 134 valence electrons. The molecule has 0 aliphatic heterocycles. The van der Waals surface area contributed by atoms with Crippen LogP contribution in [-0.4, -0.2) is 55.0 Å². The minimum atomic E-state index is -0.915. The van der Waals surface area contributed by atoms with E-state index in [1.807, 2.05) is 0 Å². The highest BCUT2D eigenvalue weighted by molar-refractivity contribution is 5.93. The molecule has 0 fully saturated rings. The first kappa shape index (κ1) is 20.2. The maximum Gasteiger partial charge on any atom is 0.357 e. The highest BCUT2D eigenvalue weighted by Gasteiger charge is 2.16. The molecule has 1 aromatic heterocycles. The summed E-state index contributed by atoms with van der Waals surface area (Å²) in [5.41, 5.74) is -0.415. The molecular formula is C17H15N3O6. The van der Waals surface area contributed by atoms with E-state index in [-0.39, 0.29) is 24.5 Å². The van der Waals surface area contributed by atoms with E-state index in [1.54, 1.807) is 0 Å². The molecule has 0 spiro atoms. The number of amides is 2. The topological polar surface area (TPSA) is 124 Å². The molecule has 0 saturated carbocycles. The number of pyridine rings is 1. The van der Waals surface area contributed by atoms with Gasteiger partial charge < -0.3 is 20.1 Å². The van der Waals surface area contributed by atoms with Gasteiger partial charge in [0.1, 0.15) is 11.4 Å². The van der Waals surface area contributed by atoms with Crippen molar-refractivity contribution in [2.75, 3.05) is 26.3 Å². The number of hydrogen-bond acceptors (Lipinski definition) is 7. The van der Waals surface area contributed by atoms with Crippen LogP contribution in [-0.2, 0) is 19.1 Å². The minimum absolute atomic E-state index is 0.00484. The van der Waals surface area contributed by atoms with Gasteiger partial charge in [-0.05, 0) is 12.1 Å². The Bertz CT molecular complexity index is 714. The van der Waals surface area contributed by atoms with Crippen LogP contribution in [0.3, 0.4) is 0 Å². The third kappa shape index (κ3) is 7.15. The van der Waals surface area contributed by atoms with E-state index >= 15 is 0 Å². The van der Waals surface area contributed by atoms with Gasteiger partial charge >= 0.3 is 11.9 Å². The van der Waals surface area contributed by atoms with Gasteiger partial charge in [-0.1, -0.05) is 17.9 Å². The Morgan fingerprint density at radius 2 is 1.31 bits per heavy atom. The summed E-state index contributed by atoms with van der Waals surface area (Å²) in [6.45, 7) is -1.09. The third-order valence-corrected chi connectivity index (χ3v) is 2.61. The lowest BCUT2D eigenvalue weighted by Crippen LogP contribution is -2.29. The summed E-state index contributed by atoms with van der Waals surface area (Å²) in [6, 6.07) is 3.95. The quantitative estimate of drug-likeness (QED) is 0.447. The second-order valence-electron chi connectivity index (χ2n) is 4.52. The molecule has 1 rings (SSSR count). The number of nitrogens with zero attached hydrogens (tertiary/aromatic N) is 1. The van der Waals surface area contributed by atoms with Crippen molar-refractivity contribution in [2.45, 2.75) is 0 Å². The van der Waals surface area contributed by atoms with Gasteiger partial charge in [-0.15, -0.1) is 12.8 Å². The summed E-state index contributed by atoms with van der Waals surface area (Å²) < 4.78 is 9.49. The fraction of sp³-hybridized carbons (Fsp3) is 0.235. The van der Waals surface area contributed by atoms with Gasteiger partial charge in [0.05, 0.1) is 13.1 Å². The van der Waals surface area contributed by atoms with Crippen molar-refractivity contribution in [1.82, 2.24) is 15.6 Å². The van der Waals surface area contributed by atoms with Crippen molar-refractivity contribution in [2.24, 2.45) is 0 Å². The smallest absolute Gasteiger partial charge is 0.357 e. The zero-order valence-corrected chi connectivity index (χ0v) is 13.6. The lowest BCUT2D eigenvalue weighted by atomic mass is 10.3. The highest BCUT2D eigenvalue weighted by atomic mass is 16.5. The predicted molar refractivity (Wildman–Crippen MR) is 88.5 cm³/mol. The van der Waals surface area contributed by atoms with E-state index in [0.29, 0.717) is 0 Å². The van der Waals surface area contributed by atoms with E-state index in [9.17, 15) is 19.2 Å². The normalized spacial score (nSPS) is 9.15. The van der Waals surface area contributed by atoms with Crippen LogP contribution in [0.1, 0.15) is 21.0 Å². The zero-order valence-electron chi connectivity index (χ0n) is 13.6. The van der Waals surface area contributed by atoms with E-state index in [4.69, 9.17) is 22.3 Å². The van der Waals surface area contributed by atoms with Crippen LogP contribution in [0.25, 0.3) is 0 Å². The van der Waals surface area contributed by atoms with Gasteiger partial charge in [-0.2, -0.15) is 0 Å². The molecule has 2 N–H and O–H groups in total. The maximum absolute atomic E-state index is 11.8. The van der Waals surface area contributed by atoms with Crippen LogP contribution in [0.4, 0.5) is 0 Å². The van der Waals surface area contributed by atoms with E-state index < -0.39 is 37.0 Å². The van der Waals surface area contributed by atoms with Crippen LogP contribution in [0.5, 0.6) is 0 Å². The molecule has 0 saturated heterocycles. The average Bonchev–Trinajstić information content (AvgIpc) is 2.66. The fourth-order valence-electron chi connectivity index (χ4n) is 1.47. The van der Waals surface area contributed by atoms with E-state index in [0.717, 1.165) is 0 Å². The van der Waals surface area contributed by atoms with Crippen LogP contribution >= 0.6 is 0 Å². The lowest BCUT2D eigenvalue weighted by molar-refractivity contribution is -0.124. The molecule has 1 aromatic rings. The summed E-state index contributed by atoms with van der Waals surface area (Å²) in [7, 11) is 0. The first-order chi connectivity index (χ1) is 12.5. The van der Waals surface area contributed by atoms with Crippen molar-refractivity contribution < 1.29 is 28.7 Å². The van der Waals surface area contributed by atoms with Crippen LogP contribution in [0.2, 0.25) is 0 Å². The second kappa shape index (κ2) is 10.8. The number of terminal acetylenes is 2. The van der Waals surface area contributed by atoms with Crippen molar-refractivity contribution in [1.29, 1.82) is 0 Å². The van der Waals surface area contributed by atoms with Gasteiger partial charge in [-0.25, -0.2) is 14.6 Å². The average molecular weight is 357 g/mol. The van der Waals surface area contributed by atoms with Gasteiger partial charge in [0.2, 0.25) is 0 Å². The standard InChI is InChI=1S/C17H15N3O6/c1-3-8-18-14(21)10-25-16(23)12-6-5-7-13(20-12)17(24)26-11-15(22)19-9-4-2/h1-2,5-7H,8-11H2,(H,18,21)(H,19,22). The van der Waals surface area contributed by atoms with Crippen molar-refractivity contribution in [3.8, 4) is 24.7 Å². The number of ether oxygens (including phenoxy) is 2. The van der Waals surface area contributed by atoms with Crippen molar-refractivity contribution >= 4 is 23.8 Å². The van der Waals surface area contributed by atoms with E-state index in [2.05, 4.69) is 27.5 Å². The predicted octanol–water partition coefficient (Wildman–Crippen LogP) is -1.11. The second-order valence-corrected chi connectivity index (χ2v) is 4.52. The Morgan fingerprint density at radius 1 is 0.885 bits per heavy atom. The summed E-state index contributed by atoms with van der Waals surface area (Å²) >= 11 is 0. The Kier molecular flexibility index (Phi) is 8.42. The van der Waals surface area contributed by atoms with Gasteiger partial charge in [0, 0.05) is 0 Å². The number of hydrogen-bond donors (Lipinski definition) is 2. The van der Waals surface area contributed by atoms with Gasteiger partial charge in [0.25, 0.3) is 11.8 Å². The first-order valence-electron chi connectivity index (χ1n) is 7.19. The molecule has 9 nitrogen and oxygen atoms in total. The maximum atomic E-state index is 11.8. The number of aromatic nitrogens is 1. The van der Waals surface area contributed by atoms with Crippen LogP contribution < -0.4 is 10.6 Å². The van der Waals surface area contributed by atoms with Crippen molar-refractivity contribution in [3.05, 3.63) is 29.6 Å². The fourth-order valence-corrected chi connectivity index (χ4v) is 1.47. The largest absolute Gasteiger partial charge is 0.451 e. The number of esters is 2. The van der Waals surface area contributed by atoms with Gasteiger partial charge in [-0.3, -0.25) is 9.59 Å².